The summed E-state index contributed by atoms with van der Waals surface area (Å²) in [5.74, 6) is 0. The number of rotatable bonds is 2. The second kappa shape index (κ2) is 6.21. The van der Waals surface area contributed by atoms with Crippen molar-refractivity contribution in [1.82, 2.24) is 0 Å². The average Bonchev–Trinajstić information content (AvgIpc) is 2.02. The molecular weight excluding hydrogens is 262 g/mol. The Hall–Kier alpha value is 0.675. The van der Waals surface area contributed by atoms with Gasteiger partial charge in [-0.3, -0.25) is 4.55 Å². The van der Waals surface area contributed by atoms with Crippen LogP contribution in [0, 0.1) is 0 Å². The van der Waals surface area contributed by atoms with Gasteiger partial charge in [-0.1, -0.05) is 30.3 Å². The maximum atomic E-state index is 10.3. The van der Waals surface area contributed by atoms with Crippen molar-refractivity contribution in [3.05, 3.63) is 41.3 Å². The normalized spacial score (nSPS) is 11.2. The molecule has 0 aliphatic rings. The van der Waals surface area contributed by atoms with Gasteiger partial charge in [0.1, 0.15) is 0 Å². The SMILES string of the molecule is O=S(=O)(O)C=Cc1ccccc1.[Rb]. The van der Waals surface area contributed by atoms with Gasteiger partial charge >= 0.3 is 0 Å². The van der Waals surface area contributed by atoms with Crippen molar-refractivity contribution in [2.75, 3.05) is 0 Å². The van der Waals surface area contributed by atoms with E-state index in [1.807, 2.05) is 6.07 Å². The average molecular weight is 270 g/mol. The van der Waals surface area contributed by atoms with Crippen molar-refractivity contribution in [2.45, 2.75) is 0 Å². The Bertz CT molecular complexity index is 370. The van der Waals surface area contributed by atoms with Gasteiger partial charge in [0.25, 0.3) is 10.1 Å². The maximum Gasteiger partial charge on any atom is 0.287 e. The van der Waals surface area contributed by atoms with E-state index in [1.54, 1.807) is 24.3 Å². The van der Waals surface area contributed by atoms with Crippen molar-refractivity contribution in [3.63, 3.8) is 0 Å². The third kappa shape index (κ3) is 6.71. The molecule has 65 valence electrons. The van der Waals surface area contributed by atoms with Gasteiger partial charge in [0.2, 0.25) is 0 Å². The van der Waals surface area contributed by atoms with Crippen molar-refractivity contribution in [2.24, 2.45) is 0 Å². The van der Waals surface area contributed by atoms with Crippen LogP contribution in [0.3, 0.4) is 0 Å². The van der Waals surface area contributed by atoms with Crippen LogP contribution in [0.4, 0.5) is 0 Å². The molecule has 0 atom stereocenters. The second-order valence-corrected chi connectivity index (χ2v) is 3.53. The van der Waals surface area contributed by atoms with Crippen molar-refractivity contribution in [3.8, 4) is 0 Å². The molecule has 1 radical (unpaired) electrons. The summed E-state index contributed by atoms with van der Waals surface area (Å²) in [4.78, 5) is 0. The Morgan fingerprint density at radius 3 is 2.15 bits per heavy atom. The van der Waals surface area contributed by atoms with Crippen molar-refractivity contribution in [1.29, 1.82) is 0 Å². The van der Waals surface area contributed by atoms with Gasteiger partial charge in [-0.05, 0) is 11.6 Å². The third-order valence-corrected chi connectivity index (χ3v) is 1.71. The summed E-state index contributed by atoms with van der Waals surface area (Å²) in [6.45, 7) is 0. The first-order valence-corrected chi connectivity index (χ1v) is 4.79. The number of benzene rings is 1. The molecule has 0 aromatic heterocycles. The molecule has 0 heterocycles. The zero-order valence-electron chi connectivity index (χ0n) is 7.21. The maximum absolute atomic E-state index is 10.3. The largest absolute Gasteiger partial charge is 0.287 e. The topological polar surface area (TPSA) is 54.4 Å². The Balaban J connectivity index is 0.00000144. The summed E-state index contributed by atoms with van der Waals surface area (Å²) >= 11 is 0. The molecule has 0 spiro atoms. The van der Waals surface area contributed by atoms with Crippen LogP contribution in [0.5, 0.6) is 0 Å². The summed E-state index contributed by atoms with van der Waals surface area (Å²) in [5.41, 5.74) is 0.732. The molecule has 3 nitrogen and oxygen atoms in total. The van der Waals surface area contributed by atoms with Crippen LogP contribution in [0.2, 0.25) is 0 Å². The molecule has 0 fully saturated rings. The zero-order valence-corrected chi connectivity index (χ0v) is 12.9. The third-order valence-electron chi connectivity index (χ3n) is 1.23. The van der Waals surface area contributed by atoms with Gasteiger partial charge in [0.05, 0.1) is 5.41 Å². The van der Waals surface area contributed by atoms with Crippen LogP contribution >= 0.6 is 0 Å². The molecular formula is C8H8O3RbS. The Labute approximate surface area is 126 Å². The molecule has 1 rings (SSSR count). The summed E-state index contributed by atoms with van der Waals surface area (Å²) in [6, 6.07) is 8.86. The Morgan fingerprint density at radius 2 is 1.69 bits per heavy atom. The van der Waals surface area contributed by atoms with E-state index >= 15 is 0 Å². The van der Waals surface area contributed by atoms with Crippen molar-refractivity contribution < 1.29 is 13.0 Å². The van der Waals surface area contributed by atoms with Crippen LogP contribution in [-0.4, -0.2) is 71.2 Å². The van der Waals surface area contributed by atoms with E-state index in [0.29, 0.717) is 0 Å². The number of hydrogen-bond donors (Lipinski definition) is 1. The minimum atomic E-state index is -4.00. The fourth-order valence-electron chi connectivity index (χ4n) is 0.729. The molecule has 0 aliphatic heterocycles. The summed E-state index contributed by atoms with van der Waals surface area (Å²) in [5, 5.41) is 0.752. The molecule has 0 saturated carbocycles. The first-order valence-electron chi connectivity index (χ1n) is 3.28. The smallest absolute Gasteiger partial charge is 0.282 e. The van der Waals surface area contributed by atoms with Gasteiger partial charge in [0.15, 0.2) is 0 Å². The molecule has 1 aromatic rings. The molecule has 0 aliphatic carbocycles. The second-order valence-electron chi connectivity index (χ2n) is 2.23. The number of hydrogen-bond acceptors (Lipinski definition) is 2. The van der Waals surface area contributed by atoms with E-state index in [0.717, 1.165) is 11.0 Å². The molecule has 0 unspecified atom stereocenters. The Kier molecular flexibility index (Phi) is 6.54. The summed E-state index contributed by atoms with van der Waals surface area (Å²) in [7, 11) is -4.00. The quantitative estimate of drug-likeness (QED) is 0.820. The van der Waals surface area contributed by atoms with Gasteiger partial charge in [-0.15, -0.1) is 0 Å². The van der Waals surface area contributed by atoms with Crippen LogP contribution in [0.15, 0.2) is 35.7 Å². The van der Waals surface area contributed by atoms with E-state index in [1.165, 1.54) is 6.08 Å². The minimum absolute atomic E-state index is 0. The van der Waals surface area contributed by atoms with Crippen molar-refractivity contribution >= 4 is 74.4 Å². The van der Waals surface area contributed by atoms with Gasteiger partial charge in [0, 0.05) is 58.2 Å². The van der Waals surface area contributed by atoms with Gasteiger partial charge < -0.3 is 0 Å². The predicted molar refractivity (Wildman–Crippen MR) is 52.8 cm³/mol. The summed E-state index contributed by atoms with van der Waals surface area (Å²) < 4.78 is 28.9. The molecule has 5 heteroatoms. The van der Waals surface area contributed by atoms with Crippen LogP contribution in [-0.2, 0) is 10.1 Å². The van der Waals surface area contributed by atoms with E-state index in [-0.39, 0.29) is 58.2 Å². The molecule has 1 N–H and O–H groups in total. The Morgan fingerprint density at radius 1 is 1.15 bits per heavy atom. The fraction of sp³-hybridized carbons (Fsp3) is 0. The molecule has 1 aromatic carbocycles. The van der Waals surface area contributed by atoms with Gasteiger partial charge in [-0.25, -0.2) is 0 Å². The molecule has 0 saturated heterocycles. The predicted octanol–water partition coefficient (Wildman–Crippen LogP) is 1.16. The first kappa shape index (κ1) is 13.7. The zero-order chi connectivity index (χ0) is 9.03. The van der Waals surface area contributed by atoms with Crippen LogP contribution in [0.1, 0.15) is 5.56 Å². The molecule has 0 bridgehead atoms. The fourth-order valence-corrected chi connectivity index (χ4v) is 1.06. The monoisotopic (exact) mass is 269 g/mol. The molecule has 13 heavy (non-hydrogen) atoms. The molecule has 0 amide bonds. The summed E-state index contributed by atoms with van der Waals surface area (Å²) in [6.07, 6.45) is 1.33. The minimum Gasteiger partial charge on any atom is -0.282 e. The first-order chi connectivity index (χ1) is 5.58. The van der Waals surface area contributed by atoms with E-state index in [4.69, 9.17) is 4.55 Å². The van der Waals surface area contributed by atoms with E-state index < -0.39 is 10.1 Å². The van der Waals surface area contributed by atoms with Crippen LogP contribution < -0.4 is 0 Å². The van der Waals surface area contributed by atoms with Gasteiger partial charge in [-0.2, -0.15) is 8.42 Å². The van der Waals surface area contributed by atoms with E-state index in [9.17, 15) is 8.42 Å². The van der Waals surface area contributed by atoms with E-state index in [2.05, 4.69) is 0 Å². The van der Waals surface area contributed by atoms with Crippen LogP contribution in [0.25, 0.3) is 6.08 Å². The standard InChI is InChI=1S/C8H8O3S.Rb/c9-12(10,11)7-6-8-4-2-1-3-5-8;/h1-7H,(H,9,10,11);.